The number of hydrogen-bond acceptors (Lipinski definition) is 2. The fourth-order valence-electron chi connectivity index (χ4n) is 2.19. The fourth-order valence-corrected chi connectivity index (χ4v) is 2.32. The summed E-state index contributed by atoms with van der Waals surface area (Å²) in [5, 5.41) is 3.91. The summed E-state index contributed by atoms with van der Waals surface area (Å²) in [6.45, 7) is -0.200. The Kier molecular flexibility index (Phi) is 5.53. The van der Waals surface area contributed by atoms with Crippen LogP contribution in [0, 0.1) is 0 Å². The molecule has 0 fully saturated rings. The lowest BCUT2D eigenvalue weighted by molar-refractivity contribution is -0.0506. The van der Waals surface area contributed by atoms with Gasteiger partial charge in [0.25, 0.3) is 0 Å². The van der Waals surface area contributed by atoms with Gasteiger partial charge in [-0.3, -0.25) is 0 Å². The number of hydrogen-bond donors (Lipinski definition) is 1. The highest BCUT2D eigenvalue weighted by Gasteiger charge is 2.19. The van der Waals surface area contributed by atoms with Crippen LogP contribution in [-0.2, 0) is 0 Å². The second-order valence-corrected chi connectivity index (χ2v) is 4.90. The molecule has 0 radical (unpaired) electrons. The minimum atomic E-state index is -2.85. The summed E-state index contributed by atoms with van der Waals surface area (Å²) in [4.78, 5) is 0. The van der Waals surface area contributed by atoms with Crippen LogP contribution in [0.2, 0.25) is 5.02 Å². The third kappa shape index (κ3) is 4.16. The zero-order chi connectivity index (χ0) is 15.2. The number of para-hydroxylation sites is 1. The molecule has 2 aromatic carbocycles. The normalized spacial score (nSPS) is 12.4. The molecule has 0 saturated carbocycles. The Morgan fingerprint density at radius 3 is 2.38 bits per heavy atom. The van der Waals surface area contributed by atoms with Gasteiger partial charge in [0, 0.05) is 10.6 Å². The van der Waals surface area contributed by atoms with Crippen molar-refractivity contribution < 1.29 is 13.5 Å². The summed E-state index contributed by atoms with van der Waals surface area (Å²) in [5.74, 6) is 0.174. The van der Waals surface area contributed by atoms with Crippen LogP contribution < -0.4 is 10.1 Å². The standard InChI is InChI=1S/C16H16ClF2NO/c1-2-20-15(11-7-9-12(17)10-8-11)13-5-3-4-6-14(13)21-16(18)19/h3-10,15-16,20H,2H2,1H3. The number of halogens is 3. The second-order valence-electron chi connectivity index (χ2n) is 4.46. The van der Waals surface area contributed by atoms with Gasteiger partial charge in [0.2, 0.25) is 0 Å². The summed E-state index contributed by atoms with van der Waals surface area (Å²) < 4.78 is 29.7. The van der Waals surface area contributed by atoms with Gasteiger partial charge in [-0.05, 0) is 30.3 Å². The minimum absolute atomic E-state index is 0.174. The third-order valence-electron chi connectivity index (χ3n) is 3.06. The van der Waals surface area contributed by atoms with E-state index in [2.05, 4.69) is 10.1 Å². The molecular formula is C16H16ClF2NO. The van der Waals surface area contributed by atoms with Crippen molar-refractivity contribution in [3.63, 3.8) is 0 Å². The highest BCUT2D eigenvalue weighted by molar-refractivity contribution is 6.30. The van der Waals surface area contributed by atoms with Crippen molar-refractivity contribution in [2.45, 2.75) is 19.6 Å². The zero-order valence-electron chi connectivity index (χ0n) is 11.5. The Morgan fingerprint density at radius 2 is 1.76 bits per heavy atom. The summed E-state index contributed by atoms with van der Waals surface area (Å²) in [6, 6.07) is 13.8. The van der Waals surface area contributed by atoms with Gasteiger partial charge < -0.3 is 10.1 Å². The van der Waals surface area contributed by atoms with Crippen LogP contribution >= 0.6 is 11.6 Å². The van der Waals surface area contributed by atoms with Crippen molar-refractivity contribution in [2.24, 2.45) is 0 Å². The lowest BCUT2D eigenvalue weighted by atomic mass is 9.98. The molecule has 5 heteroatoms. The topological polar surface area (TPSA) is 21.3 Å². The molecule has 0 heterocycles. The average molecular weight is 312 g/mol. The van der Waals surface area contributed by atoms with E-state index in [1.807, 2.05) is 19.1 Å². The molecule has 0 spiro atoms. The Hall–Kier alpha value is -1.65. The van der Waals surface area contributed by atoms with Gasteiger partial charge in [-0.1, -0.05) is 48.9 Å². The van der Waals surface area contributed by atoms with Crippen molar-refractivity contribution in [3.8, 4) is 5.75 Å². The van der Waals surface area contributed by atoms with Crippen LogP contribution in [0.5, 0.6) is 5.75 Å². The highest BCUT2D eigenvalue weighted by Crippen LogP contribution is 2.31. The van der Waals surface area contributed by atoms with Gasteiger partial charge in [-0.2, -0.15) is 8.78 Å². The van der Waals surface area contributed by atoms with Crippen LogP contribution in [0.4, 0.5) is 8.78 Å². The molecule has 0 aliphatic rings. The molecule has 2 rings (SSSR count). The molecule has 2 nitrogen and oxygen atoms in total. The maximum Gasteiger partial charge on any atom is 0.387 e. The van der Waals surface area contributed by atoms with E-state index in [1.165, 1.54) is 0 Å². The van der Waals surface area contributed by atoms with Crippen molar-refractivity contribution in [2.75, 3.05) is 6.54 Å². The number of nitrogens with one attached hydrogen (secondary N) is 1. The first-order chi connectivity index (χ1) is 10.1. The Balaban J connectivity index is 2.40. The first kappa shape index (κ1) is 15.7. The second kappa shape index (κ2) is 7.38. The van der Waals surface area contributed by atoms with E-state index >= 15 is 0 Å². The number of benzene rings is 2. The molecule has 0 aromatic heterocycles. The van der Waals surface area contributed by atoms with Crippen LogP contribution in [-0.4, -0.2) is 13.2 Å². The third-order valence-corrected chi connectivity index (χ3v) is 3.31. The van der Waals surface area contributed by atoms with E-state index in [0.29, 0.717) is 17.1 Å². The first-order valence-electron chi connectivity index (χ1n) is 6.64. The molecule has 1 atom stereocenters. The van der Waals surface area contributed by atoms with Crippen molar-refractivity contribution >= 4 is 11.6 Å². The molecule has 0 amide bonds. The maximum absolute atomic E-state index is 12.5. The molecule has 0 bridgehead atoms. The summed E-state index contributed by atoms with van der Waals surface area (Å²) in [6.07, 6.45) is 0. The molecule has 21 heavy (non-hydrogen) atoms. The van der Waals surface area contributed by atoms with Crippen LogP contribution in [0.3, 0.4) is 0 Å². The van der Waals surface area contributed by atoms with Gasteiger partial charge in [0.05, 0.1) is 6.04 Å². The summed E-state index contributed by atoms with van der Waals surface area (Å²) in [5.41, 5.74) is 1.61. The molecule has 1 N–H and O–H groups in total. The maximum atomic E-state index is 12.5. The smallest absolute Gasteiger partial charge is 0.387 e. The Morgan fingerprint density at radius 1 is 1.10 bits per heavy atom. The molecule has 0 aliphatic heterocycles. The number of alkyl halides is 2. The minimum Gasteiger partial charge on any atom is -0.434 e. The van der Waals surface area contributed by atoms with Gasteiger partial charge in [-0.25, -0.2) is 0 Å². The predicted octanol–water partition coefficient (Wildman–Crippen LogP) is 4.64. The molecule has 112 valence electrons. The van der Waals surface area contributed by atoms with E-state index in [4.69, 9.17) is 11.6 Å². The van der Waals surface area contributed by atoms with Gasteiger partial charge >= 0.3 is 6.61 Å². The number of rotatable bonds is 6. The highest BCUT2D eigenvalue weighted by atomic mass is 35.5. The summed E-state index contributed by atoms with van der Waals surface area (Å²) in [7, 11) is 0. The van der Waals surface area contributed by atoms with Gasteiger partial charge in [0.1, 0.15) is 5.75 Å². The van der Waals surface area contributed by atoms with E-state index in [-0.39, 0.29) is 11.8 Å². The Bertz CT molecular complexity index is 575. The van der Waals surface area contributed by atoms with Crippen molar-refractivity contribution in [3.05, 3.63) is 64.7 Å². The molecule has 0 saturated heterocycles. The van der Waals surface area contributed by atoms with Crippen LogP contribution in [0.25, 0.3) is 0 Å². The predicted molar refractivity (Wildman–Crippen MR) is 80.0 cm³/mol. The summed E-state index contributed by atoms with van der Waals surface area (Å²) >= 11 is 5.90. The van der Waals surface area contributed by atoms with Crippen molar-refractivity contribution in [1.29, 1.82) is 0 Å². The molecule has 2 aromatic rings. The van der Waals surface area contributed by atoms with Crippen LogP contribution in [0.1, 0.15) is 24.1 Å². The van der Waals surface area contributed by atoms with Gasteiger partial charge in [0.15, 0.2) is 0 Å². The molecule has 0 aliphatic carbocycles. The van der Waals surface area contributed by atoms with E-state index in [0.717, 1.165) is 5.56 Å². The van der Waals surface area contributed by atoms with Crippen LogP contribution in [0.15, 0.2) is 48.5 Å². The van der Waals surface area contributed by atoms with Crippen molar-refractivity contribution in [1.82, 2.24) is 5.32 Å². The number of ether oxygens (including phenoxy) is 1. The zero-order valence-corrected chi connectivity index (χ0v) is 12.3. The lowest BCUT2D eigenvalue weighted by Gasteiger charge is -2.21. The monoisotopic (exact) mass is 311 g/mol. The average Bonchev–Trinajstić information content (AvgIpc) is 2.46. The largest absolute Gasteiger partial charge is 0.434 e. The van der Waals surface area contributed by atoms with E-state index in [1.54, 1.807) is 36.4 Å². The lowest BCUT2D eigenvalue weighted by Crippen LogP contribution is -2.23. The Labute approximate surface area is 127 Å². The molecule has 1 unspecified atom stereocenters. The SMILES string of the molecule is CCNC(c1ccc(Cl)cc1)c1ccccc1OC(F)F. The molecular weight excluding hydrogens is 296 g/mol. The van der Waals surface area contributed by atoms with Gasteiger partial charge in [-0.15, -0.1) is 0 Å². The first-order valence-corrected chi connectivity index (χ1v) is 7.02. The van der Waals surface area contributed by atoms with E-state index < -0.39 is 6.61 Å². The quantitative estimate of drug-likeness (QED) is 0.839. The fraction of sp³-hybridized carbons (Fsp3) is 0.250. The van der Waals surface area contributed by atoms with E-state index in [9.17, 15) is 8.78 Å².